The number of carbonyl (C=O) groups excluding carboxylic acids is 2. The quantitative estimate of drug-likeness (QED) is 0.718. The fourth-order valence-corrected chi connectivity index (χ4v) is 4.16. The number of benzene rings is 1. The van der Waals surface area contributed by atoms with Gasteiger partial charge in [-0.1, -0.05) is 43.3 Å². The second-order valence-electron chi connectivity index (χ2n) is 7.43. The number of nitrogens with zero attached hydrogens (tertiary/aromatic N) is 2. The molecule has 1 atom stereocenters. The minimum absolute atomic E-state index is 0.141. The SMILES string of the molecule is CC[C@@]1(c2ccccc2)NC(=O)N(C[NH+]2CCN(c3cccc[nH+]3)CC2)C1=O. The van der Waals surface area contributed by atoms with Crippen LogP contribution in [0.1, 0.15) is 18.9 Å². The lowest BCUT2D eigenvalue weighted by Crippen LogP contribution is -3.16. The van der Waals surface area contributed by atoms with Gasteiger partial charge in [-0.2, -0.15) is 0 Å². The molecule has 3 amide bonds. The summed E-state index contributed by atoms with van der Waals surface area (Å²) in [4.78, 5) is 34.1. The Hall–Kier alpha value is -2.93. The summed E-state index contributed by atoms with van der Waals surface area (Å²) >= 11 is 0. The first kappa shape index (κ1) is 18.4. The highest BCUT2D eigenvalue weighted by atomic mass is 16.2. The molecule has 2 aromatic rings. The van der Waals surface area contributed by atoms with Crippen molar-refractivity contribution in [3.8, 4) is 0 Å². The Morgan fingerprint density at radius 3 is 2.43 bits per heavy atom. The lowest BCUT2D eigenvalue weighted by Gasteiger charge is -2.30. The van der Waals surface area contributed by atoms with Crippen LogP contribution in [0.2, 0.25) is 0 Å². The van der Waals surface area contributed by atoms with Crippen molar-refractivity contribution in [3.63, 3.8) is 0 Å². The lowest BCUT2D eigenvalue weighted by molar-refractivity contribution is -0.908. The number of urea groups is 1. The predicted molar refractivity (Wildman–Crippen MR) is 105 cm³/mol. The summed E-state index contributed by atoms with van der Waals surface area (Å²) in [6.07, 6.45) is 2.46. The van der Waals surface area contributed by atoms with Crippen molar-refractivity contribution in [2.75, 3.05) is 37.7 Å². The fourth-order valence-electron chi connectivity index (χ4n) is 4.16. The van der Waals surface area contributed by atoms with Gasteiger partial charge < -0.3 is 10.2 Å². The molecule has 4 rings (SSSR count). The average molecular weight is 381 g/mol. The molecule has 0 saturated carbocycles. The zero-order chi connectivity index (χ0) is 19.6. The van der Waals surface area contributed by atoms with E-state index < -0.39 is 5.54 Å². The van der Waals surface area contributed by atoms with Crippen LogP contribution in [-0.2, 0) is 10.3 Å². The smallest absolute Gasteiger partial charge is 0.319 e. The van der Waals surface area contributed by atoms with Crippen molar-refractivity contribution < 1.29 is 19.5 Å². The maximum absolute atomic E-state index is 13.2. The van der Waals surface area contributed by atoms with Gasteiger partial charge in [-0.3, -0.25) is 9.69 Å². The summed E-state index contributed by atoms with van der Waals surface area (Å²) < 4.78 is 0. The number of carbonyl (C=O) groups is 2. The van der Waals surface area contributed by atoms with Gasteiger partial charge in [0, 0.05) is 6.07 Å². The van der Waals surface area contributed by atoms with E-state index >= 15 is 0 Å². The number of H-pyrrole nitrogens is 1. The Bertz CT molecular complexity index is 836. The number of hydrogen-bond donors (Lipinski definition) is 2. The maximum Gasteiger partial charge on any atom is 0.329 e. The second kappa shape index (κ2) is 7.59. The first-order chi connectivity index (χ1) is 13.6. The zero-order valence-corrected chi connectivity index (χ0v) is 16.1. The molecule has 2 fully saturated rings. The molecule has 3 N–H and O–H groups in total. The Morgan fingerprint density at radius 2 is 1.79 bits per heavy atom. The van der Waals surface area contributed by atoms with Crippen molar-refractivity contribution in [1.29, 1.82) is 0 Å². The van der Waals surface area contributed by atoms with Crippen molar-refractivity contribution >= 4 is 17.8 Å². The molecule has 0 unspecified atom stereocenters. The number of amides is 3. The molecule has 0 aliphatic carbocycles. The van der Waals surface area contributed by atoms with Crippen LogP contribution in [0, 0.1) is 0 Å². The number of aromatic amines is 1. The third kappa shape index (κ3) is 3.22. The van der Waals surface area contributed by atoms with Gasteiger partial charge in [0.25, 0.3) is 11.7 Å². The molecule has 3 heterocycles. The number of imide groups is 1. The molecule has 2 aliphatic heterocycles. The van der Waals surface area contributed by atoms with E-state index in [1.165, 1.54) is 9.80 Å². The Balaban J connectivity index is 1.43. The largest absolute Gasteiger partial charge is 0.329 e. The van der Waals surface area contributed by atoms with Gasteiger partial charge in [0.2, 0.25) is 0 Å². The monoisotopic (exact) mass is 381 g/mol. The third-order valence-electron chi connectivity index (χ3n) is 5.86. The first-order valence-corrected chi connectivity index (χ1v) is 9.89. The molecule has 0 radical (unpaired) electrons. The number of rotatable bonds is 5. The molecule has 2 saturated heterocycles. The number of anilines is 1. The van der Waals surface area contributed by atoms with Crippen LogP contribution < -0.4 is 20.1 Å². The topological polar surface area (TPSA) is 71.2 Å². The summed E-state index contributed by atoms with van der Waals surface area (Å²) in [5.41, 5.74) is -0.101. The number of pyridine rings is 1. The molecule has 7 nitrogen and oxygen atoms in total. The standard InChI is InChI=1S/C21H25N5O2/c1-2-21(17-8-4-3-5-9-17)19(27)26(20(28)23-21)16-24-12-14-25(15-13-24)18-10-6-7-11-22-18/h3-11H,2,12-16H2,1H3,(H,23,28)/p+2/t21-/m0/s1. The zero-order valence-electron chi connectivity index (χ0n) is 16.1. The van der Waals surface area contributed by atoms with Crippen molar-refractivity contribution in [2.24, 2.45) is 0 Å². The van der Waals surface area contributed by atoms with Crippen LogP contribution in [0.15, 0.2) is 54.7 Å². The number of quaternary nitrogens is 1. The Labute approximate surface area is 164 Å². The van der Waals surface area contributed by atoms with Gasteiger partial charge in [0.15, 0.2) is 6.67 Å². The third-order valence-corrected chi connectivity index (χ3v) is 5.86. The van der Waals surface area contributed by atoms with Crippen LogP contribution in [0.25, 0.3) is 0 Å². The van der Waals surface area contributed by atoms with E-state index in [0.717, 1.165) is 37.6 Å². The number of piperazine rings is 1. The van der Waals surface area contributed by atoms with Crippen LogP contribution in [-0.4, -0.2) is 49.7 Å². The van der Waals surface area contributed by atoms with Gasteiger partial charge in [0.05, 0.1) is 6.20 Å². The van der Waals surface area contributed by atoms with Gasteiger partial charge in [-0.15, -0.1) is 0 Å². The molecule has 0 bridgehead atoms. The lowest BCUT2D eigenvalue weighted by atomic mass is 9.87. The molecule has 7 heteroatoms. The van der Waals surface area contributed by atoms with Crippen molar-refractivity contribution in [1.82, 2.24) is 10.2 Å². The minimum Gasteiger partial charge on any atom is -0.319 e. The Kier molecular flexibility index (Phi) is 5.00. The van der Waals surface area contributed by atoms with E-state index in [1.807, 2.05) is 55.6 Å². The molecule has 2 aliphatic rings. The Morgan fingerprint density at radius 1 is 1.07 bits per heavy atom. The second-order valence-corrected chi connectivity index (χ2v) is 7.43. The van der Waals surface area contributed by atoms with E-state index in [4.69, 9.17) is 0 Å². The van der Waals surface area contributed by atoms with E-state index in [1.54, 1.807) is 0 Å². The normalized spacial score (nSPS) is 23.2. The molecule has 146 valence electrons. The number of aromatic nitrogens is 1. The highest BCUT2D eigenvalue weighted by molar-refractivity contribution is 6.07. The molecular formula is C21H27N5O2+2. The predicted octanol–water partition coefficient (Wildman–Crippen LogP) is 0.0204. The number of nitrogens with one attached hydrogen (secondary N) is 3. The van der Waals surface area contributed by atoms with E-state index in [2.05, 4.69) is 21.3 Å². The van der Waals surface area contributed by atoms with Crippen molar-refractivity contribution in [3.05, 3.63) is 60.3 Å². The van der Waals surface area contributed by atoms with E-state index in [9.17, 15) is 9.59 Å². The molecular weight excluding hydrogens is 354 g/mol. The molecule has 1 aromatic carbocycles. The summed E-state index contributed by atoms with van der Waals surface area (Å²) in [6, 6.07) is 15.3. The maximum atomic E-state index is 13.2. The summed E-state index contributed by atoms with van der Waals surface area (Å²) in [6.45, 7) is 5.88. The summed E-state index contributed by atoms with van der Waals surface area (Å²) in [7, 11) is 0. The van der Waals surface area contributed by atoms with Crippen LogP contribution >= 0.6 is 0 Å². The minimum atomic E-state index is -0.946. The van der Waals surface area contributed by atoms with Crippen LogP contribution in [0.4, 0.5) is 10.6 Å². The summed E-state index contributed by atoms with van der Waals surface area (Å²) in [5.74, 6) is 0.961. The fraction of sp³-hybridized carbons (Fsp3) is 0.381. The average Bonchev–Trinajstić information content (AvgIpc) is 3.00. The molecule has 1 aromatic heterocycles. The highest BCUT2D eigenvalue weighted by Gasteiger charge is 2.52. The first-order valence-electron chi connectivity index (χ1n) is 9.89. The van der Waals surface area contributed by atoms with Gasteiger partial charge in [-0.05, 0) is 18.1 Å². The van der Waals surface area contributed by atoms with Crippen LogP contribution in [0.5, 0.6) is 0 Å². The van der Waals surface area contributed by atoms with E-state index in [-0.39, 0.29) is 11.9 Å². The number of hydrogen-bond acceptors (Lipinski definition) is 3. The van der Waals surface area contributed by atoms with Crippen LogP contribution in [0.3, 0.4) is 0 Å². The van der Waals surface area contributed by atoms with Crippen molar-refractivity contribution in [2.45, 2.75) is 18.9 Å². The van der Waals surface area contributed by atoms with E-state index in [0.29, 0.717) is 13.1 Å². The highest BCUT2D eigenvalue weighted by Crippen LogP contribution is 2.31. The van der Waals surface area contributed by atoms with Gasteiger partial charge in [-0.25, -0.2) is 14.7 Å². The molecule has 28 heavy (non-hydrogen) atoms. The van der Waals surface area contributed by atoms with Gasteiger partial charge >= 0.3 is 6.03 Å². The van der Waals surface area contributed by atoms with Gasteiger partial charge in [0.1, 0.15) is 31.7 Å². The molecule has 0 spiro atoms. The summed E-state index contributed by atoms with van der Waals surface area (Å²) in [5, 5.41) is 2.97.